The lowest BCUT2D eigenvalue weighted by molar-refractivity contribution is -0.117. The van der Waals surface area contributed by atoms with E-state index in [9.17, 15) is 9.59 Å². The molecule has 168 valence electrons. The Morgan fingerprint density at radius 2 is 1.88 bits per heavy atom. The summed E-state index contributed by atoms with van der Waals surface area (Å²) in [5.74, 6) is 1.21. The molecule has 33 heavy (non-hydrogen) atoms. The molecule has 1 saturated heterocycles. The predicted molar refractivity (Wildman–Crippen MR) is 124 cm³/mol. The molecule has 2 amide bonds. The van der Waals surface area contributed by atoms with Crippen LogP contribution in [0.2, 0.25) is 0 Å². The van der Waals surface area contributed by atoms with E-state index in [0.29, 0.717) is 42.6 Å². The van der Waals surface area contributed by atoms with E-state index in [1.165, 1.54) is 12.0 Å². The summed E-state index contributed by atoms with van der Waals surface area (Å²) in [5, 5.41) is 3.21. The number of rotatable bonds is 4. The van der Waals surface area contributed by atoms with Crippen molar-refractivity contribution in [3.05, 3.63) is 54.9 Å². The summed E-state index contributed by atoms with van der Waals surface area (Å²) in [4.78, 5) is 36.1. The van der Waals surface area contributed by atoms with E-state index in [1.54, 1.807) is 18.5 Å². The highest BCUT2D eigenvalue weighted by molar-refractivity contribution is 5.95. The number of fused-ring (bicyclic) bond motifs is 1. The van der Waals surface area contributed by atoms with Gasteiger partial charge in [-0.2, -0.15) is 0 Å². The number of methoxy groups -OCH3 is 1. The predicted octanol–water partition coefficient (Wildman–Crippen LogP) is 3.98. The fourth-order valence-electron chi connectivity index (χ4n) is 4.01. The SMILES string of the molecule is COC(=O)N1CCOc2ncc(Nc3ccc(-c4ccc(N5CCCC5=O)cc4)cn3)cc21. The summed E-state index contributed by atoms with van der Waals surface area (Å²) in [7, 11) is 1.35. The van der Waals surface area contributed by atoms with Crippen molar-refractivity contribution in [1.82, 2.24) is 9.97 Å². The van der Waals surface area contributed by atoms with Gasteiger partial charge in [-0.3, -0.25) is 9.69 Å². The largest absolute Gasteiger partial charge is 0.474 e. The number of nitrogens with zero attached hydrogens (tertiary/aromatic N) is 4. The molecule has 1 aromatic carbocycles. The molecular formula is C24H23N5O4. The molecule has 3 aromatic rings. The number of amides is 2. The molecule has 5 rings (SSSR count). The van der Waals surface area contributed by atoms with Gasteiger partial charge in [-0.05, 0) is 42.3 Å². The average Bonchev–Trinajstić information content (AvgIpc) is 3.29. The lowest BCUT2D eigenvalue weighted by Gasteiger charge is -2.27. The molecule has 2 aliphatic heterocycles. The molecule has 0 aliphatic carbocycles. The Morgan fingerprint density at radius 1 is 1.06 bits per heavy atom. The van der Waals surface area contributed by atoms with E-state index < -0.39 is 6.09 Å². The summed E-state index contributed by atoms with van der Waals surface area (Å²) >= 11 is 0. The Labute approximate surface area is 191 Å². The highest BCUT2D eigenvalue weighted by Gasteiger charge is 2.26. The number of carbonyl (C=O) groups is 2. The first kappa shape index (κ1) is 20.7. The van der Waals surface area contributed by atoms with E-state index in [0.717, 1.165) is 29.8 Å². The smallest absolute Gasteiger partial charge is 0.414 e. The van der Waals surface area contributed by atoms with Crippen molar-refractivity contribution in [2.75, 3.05) is 41.9 Å². The molecule has 0 bridgehead atoms. The molecule has 4 heterocycles. The Bertz CT molecular complexity index is 1180. The lowest BCUT2D eigenvalue weighted by atomic mass is 10.1. The number of hydrogen-bond donors (Lipinski definition) is 1. The van der Waals surface area contributed by atoms with Crippen LogP contribution in [0.3, 0.4) is 0 Å². The van der Waals surface area contributed by atoms with Crippen LogP contribution in [-0.4, -0.2) is 48.8 Å². The van der Waals surface area contributed by atoms with Gasteiger partial charge in [0.2, 0.25) is 11.8 Å². The maximum atomic E-state index is 12.1. The van der Waals surface area contributed by atoms with Gasteiger partial charge < -0.3 is 19.7 Å². The Morgan fingerprint density at radius 3 is 2.58 bits per heavy atom. The first-order valence-corrected chi connectivity index (χ1v) is 10.7. The summed E-state index contributed by atoms with van der Waals surface area (Å²) in [6.45, 7) is 1.53. The number of aromatic nitrogens is 2. The molecule has 9 heteroatoms. The fourth-order valence-corrected chi connectivity index (χ4v) is 4.01. The zero-order valence-corrected chi connectivity index (χ0v) is 18.2. The van der Waals surface area contributed by atoms with Crippen LogP contribution in [0.25, 0.3) is 11.1 Å². The van der Waals surface area contributed by atoms with Gasteiger partial charge in [0, 0.05) is 30.4 Å². The van der Waals surface area contributed by atoms with Crippen molar-refractivity contribution in [3.8, 4) is 17.0 Å². The summed E-state index contributed by atoms with van der Waals surface area (Å²) in [5.41, 5.74) is 4.14. The van der Waals surface area contributed by atoms with Crippen LogP contribution in [0.5, 0.6) is 5.88 Å². The van der Waals surface area contributed by atoms with Gasteiger partial charge in [0.1, 0.15) is 18.1 Å². The van der Waals surface area contributed by atoms with E-state index in [1.807, 2.05) is 41.3 Å². The van der Waals surface area contributed by atoms with Gasteiger partial charge in [0.25, 0.3) is 0 Å². The van der Waals surface area contributed by atoms with E-state index in [2.05, 4.69) is 15.3 Å². The standard InChI is InChI=1S/C24H23N5O4/c1-32-24(31)29-11-12-33-23-20(29)13-18(15-26-23)27-21-9-6-17(14-25-21)16-4-7-19(8-5-16)28-10-2-3-22(28)30/h4-9,13-15H,2-3,10-12H2,1H3,(H,25,27). The quantitative estimate of drug-likeness (QED) is 0.649. The second-order valence-corrected chi connectivity index (χ2v) is 7.77. The summed E-state index contributed by atoms with van der Waals surface area (Å²) in [6.07, 6.45) is 4.49. The van der Waals surface area contributed by atoms with Crippen molar-refractivity contribution in [3.63, 3.8) is 0 Å². The maximum Gasteiger partial charge on any atom is 0.414 e. The fraction of sp³-hybridized carbons (Fsp3) is 0.250. The topological polar surface area (TPSA) is 96.9 Å². The minimum Gasteiger partial charge on any atom is -0.474 e. The number of hydrogen-bond acceptors (Lipinski definition) is 7. The number of anilines is 4. The molecule has 0 atom stereocenters. The number of pyridine rings is 2. The molecule has 9 nitrogen and oxygen atoms in total. The van der Waals surface area contributed by atoms with E-state index in [-0.39, 0.29) is 5.91 Å². The first-order chi connectivity index (χ1) is 16.1. The minimum absolute atomic E-state index is 0.179. The minimum atomic E-state index is -0.457. The Balaban J connectivity index is 1.30. The molecule has 0 saturated carbocycles. The molecule has 2 aliphatic rings. The van der Waals surface area contributed by atoms with E-state index >= 15 is 0 Å². The third-order valence-corrected chi connectivity index (χ3v) is 5.69. The number of carbonyl (C=O) groups excluding carboxylic acids is 2. The molecule has 2 aromatic heterocycles. The van der Waals surface area contributed by atoms with Crippen molar-refractivity contribution in [2.24, 2.45) is 0 Å². The normalized spacial score (nSPS) is 15.1. The third kappa shape index (κ3) is 4.17. The van der Waals surface area contributed by atoms with Crippen LogP contribution in [0.4, 0.5) is 27.7 Å². The van der Waals surface area contributed by atoms with Gasteiger partial charge in [0.15, 0.2) is 0 Å². The van der Waals surface area contributed by atoms with Crippen molar-refractivity contribution < 1.29 is 19.1 Å². The number of ether oxygens (including phenoxy) is 2. The monoisotopic (exact) mass is 445 g/mol. The number of benzene rings is 1. The van der Waals surface area contributed by atoms with Gasteiger partial charge in [-0.25, -0.2) is 14.8 Å². The maximum absolute atomic E-state index is 12.1. The van der Waals surface area contributed by atoms with Crippen LogP contribution in [0, 0.1) is 0 Å². The van der Waals surface area contributed by atoms with Gasteiger partial charge in [-0.1, -0.05) is 12.1 Å². The van der Waals surface area contributed by atoms with Crippen molar-refractivity contribution in [2.45, 2.75) is 12.8 Å². The van der Waals surface area contributed by atoms with Gasteiger partial charge in [0.05, 0.1) is 25.5 Å². The molecule has 1 fully saturated rings. The van der Waals surface area contributed by atoms with Crippen LogP contribution >= 0.6 is 0 Å². The zero-order valence-electron chi connectivity index (χ0n) is 18.2. The van der Waals surface area contributed by atoms with Crippen molar-refractivity contribution in [1.29, 1.82) is 0 Å². The number of nitrogens with one attached hydrogen (secondary N) is 1. The molecule has 1 N–H and O–H groups in total. The summed E-state index contributed by atoms with van der Waals surface area (Å²) in [6, 6.07) is 13.6. The Kier molecular flexibility index (Phi) is 5.52. The molecular weight excluding hydrogens is 422 g/mol. The Hall–Kier alpha value is -4.14. The van der Waals surface area contributed by atoms with Crippen LogP contribution in [0.15, 0.2) is 54.9 Å². The molecule has 0 spiro atoms. The highest BCUT2D eigenvalue weighted by atomic mass is 16.5. The molecule has 0 unspecified atom stereocenters. The summed E-state index contributed by atoms with van der Waals surface area (Å²) < 4.78 is 10.4. The van der Waals surface area contributed by atoms with Crippen LogP contribution in [-0.2, 0) is 9.53 Å². The third-order valence-electron chi connectivity index (χ3n) is 5.69. The molecule has 0 radical (unpaired) electrons. The lowest BCUT2D eigenvalue weighted by Crippen LogP contribution is -2.38. The second kappa shape index (κ2) is 8.78. The second-order valence-electron chi connectivity index (χ2n) is 7.77. The zero-order chi connectivity index (χ0) is 22.8. The van der Waals surface area contributed by atoms with E-state index in [4.69, 9.17) is 9.47 Å². The van der Waals surface area contributed by atoms with Gasteiger partial charge >= 0.3 is 6.09 Å². The average molecular weight is 445 g/mol. The highest BCUT2D eigenvalue weighted by Crippen LogP contribution is 2.33. The van der Waals surface area contributed by atoms with Gasteiger partial charge in [-0.15, -0.1) is 0 Å². The van der Waals surface area contributed by atoms with Crippen LogP contribution in [0.1, 0.15) is 12.8 Å². The van der Waals surface area contributed by atoms with Crippen molar-refractivity contribution >= 4 is 34.9 Å². The first-order valence-electron chi connectivity index (χ1n) is 10.7. The van der Waals surface area contributed by atoms with Crippen LogP contribution < -0.4 is 19.9 Å².